The van der Waals surface area contributed by atoms with Crippen LogP contribution >= 0.6 is 0 Å². The third kappa shape index (κ3) is 3.26. The normalized spacial score (nSPS) is 12.8. The second-order valence-corrected chi connectivity index (χ2v) is 5.64. The molecule has 1 aromatic heterocycles. The molecular weight excluding hydrogens is 319 g/mol. The molecule has 3 aromatic rings. The lowest BCUT2D eigenvalue weighted by Crippen LogP contribution is -2.29. The Balaban J connectivity index is 1.43. The summed E-state index contributed by atoms with van der Waals surface area (Å²) in [7, 11) is -0.943. The summed E-state index contributed by atoms with van der Waals surface area (Å²) in [6.07, 6.45) is 1.77. The molecule has 0 spiro atoms. The van der Waals surface area contributed by atoms with Crippen molar-refractivity contribution in [2.45, 2.75) is 6.61 Å². The molecule has 0 bridgehead atoms. The molecule has 3 N–H and O–H groups in total. The Morgan fingerprint density at radius 1 is 1.16 bits per heavy atom. The molecule has 0 saturated carbocycles. The smallest absolute Gasteiger partial charge is 0.423 e. The first-order valence-electron chi connectivity index (χ1n) is 7.81. The maximum atomic E-state index is 12.1. The zero-order chi connectivity index (χ0) is 17.2. The number of anilines is 2. The van der Waals surface area contributed by atoms with Crippen LogP contribution in [0.5, 0.6) is 0 Å². The lowest BCUT2D eigenvalue weighted by Gasteiger charge is -2.07. The minimum absolute atomic E-state index is 0.375. The number of aromatic nitrogens is 2. The molecule has 0 saturated heterocycles. The van der Waals surface area contributed by atoms with Crippen LogP contribution in [-0.4, -0.2) is 28.0 Å². The van der Waals surface area contributed by atoms with Crippen LogP contribution in [0.3, 0.4) is 0 Å². The minimum atomic E-state index is -0.943. The van der Waals surface area contributed by atoms with Gasteiger partial charge in [0.25, 0.3) is 0 Å². The molecule has 1 aliphatic heterocycles. The van der Waals surface area contributed by atoms with Crippen LogP contribution in [0, 0.1) is 0 Å². The third-order valence-corrected chi connectivity index (χ3v) is 3.92. The van der Waals surface area contributed by atoms with Crippen LogP contribution in [-0.2, 0) is 11.3 Å². The monoisotopic (exact) mass is 334 g/mol. The van der Waals surface area contributed by atoms with Crippen LogP contribution < -0.4 is 16.1 Å². The number of hydrogen-bond donors (Lipinski definition) is 3. The summed E-state index contributed by atoms with van der Waals surface area (Å²) in [5, 5.41) is 19.4. The number of fused-ring (bicyclic) bond motifs is 1. The topological polar surface area (TPSA) is 88.4 Å². The molecule has 124 valence electrons. The van der Waals surface area contributed by atoms with Crippen molar-refractivity contribution in [3.05, 3.63) is 66.4 Å². The van der Waals surface area contributed by atoms with Gasteiger partial charge in [0.05, 0.1) is 12.3 Å². The maximum absolute atomic E-state index is 12.1. The fourth-order valence-electron chi connectivity index (χ4n) is 2.69. The molecule has 0 unspecified atom stereocenters. The summed E-state index contributed by atoms with van der Waals surface area (Å²) in [4.78, 5) is 12.1. The fraction of sp³-hybridized carbons (Fsp3) is 0.0588. The first-order valence-corrected chi connectivity index (χ1v) is 7.81. The average Bonchev–Trinajstić information content (AvgIpc) is 3.23. The van der Waals surface area contributed by atoms with Crippen molar-refractivity contribution in [2.75, 3.05) is 10.6 Å². The van der Waals surface area contributed by atoms with Gasteiger partial charge in [0.15, 0.2) is 5.82 Å². The number of rotatable bonds is 3. The summed E-state index contributed by atoms with van der Waals surface area (Å²) in [6, 6.07) is 16.2. The SMILES string of the molecule is O=C(Nc1ccc2c(c1)B(O)OC2)Nc1ccn(-c2ccccc2)n1. The molecule has 4 rings (SSSR count). The maximum Gasteiger partial charge on any atom is 0.491 e. The molecule has 2 aromatic carbocycles. The molecule has 0 atom stereocenters. The lowest BCUT2D eigenvalue weighted by molar-refractivity contribution is 0.262. The van der Waals surface area contributed by atoms with E-state index in [-0.39, 0.29) is 0 Å². The largest absolute Gasteiger partial charge is 0.491 e. The molecular formula is C17H15BN4O3. The van der Waals surface area contributed by atoms with E-state index in [9.17, 15) is 9.82 Å². The molecule has 2 heterocycles. The second kappa shape index (κ2) is 6.42. The molecule has 0 aliphatic carbocycles. The van der Waals surface area contributed by atoms with E-state index in [1.807, 2.05) is 36.4 Å². The number of carbonyl (C=O) groups excluding carboxylic acids is 1. The van der Waals surface area contributed by atoms with Gasteiger partial charge in [-0.15, -0.1) is 5.10 Å². The second-order valence-electron chi connectivity index (χ2n) is 5.64. The number of nitrogens with zero attached hydrogens (tertiary/aromatic N) is 2. The summed E-state index contributed by atoms with van der Waals surface area (Å²) >= 11 is 0. The number of amides is 2. The molecule has 1 aliphatic rings. The quantitative estimate of drug-likeness (QED) is 0.637. The molecule has 0 fully saturated rings. The van der Waals surface area contributed by atoms with Gasteiger partial charge in [0.1, 0.15) is 0 Å². The van der Waals surface area contributed by atoms with Gasteiger partial charge in [-0.05, 0) is 35.3 Å². The minimum Gasteiger partial charge on any atom is -0.423 e. The van der Waals surface area contributed by atoms with Crippen molar-refractivity contribution in [3.63, 3.8) is 0 Å². The van der Waals surface area contributed by atoms with Gasteiger partial charge >= 0.3 is 13.1 Å². The van der Waals surface area contributed by atoms with Crippen LogP contribution in [0.25, 0.3) is 5.69 Å². The number of urea groups is 1. The molecule has 2 amide bonds. The molecule has 7 nitrogen and oxygen atoms in total. The number of para-hydroxylation sites is 1. The lowest BCUT2D eigenvalue weighted by atomic mass is 9.79. The van der Waals surface area contributed by atoms with E-state index in [1.54, 1.807) is 29.1 Å². The Hall–Kier alpha value is -3.10. The van der Waals surface area contributed by atoms with Crippen molar-refractivity contribution < 1.29 is 14.5 Å². The Kier molecular flexibility index (Phi) is 3.97. The van der Waals surface area contributed by atoms with Crippen LogP contribution in [0.1, 0.15) is 5.56 Å². The van der Waals surface area contributed by atoms with E-state index >= 15 is 0 Å². The zero-order valence-corrected chi connectivity index (χ0v) is 13.2. The standard InChI is InChI=1S/C17H15BN4O3/c23-17(19-13-7-6-12-11-25-18(24)15(12)10-13)20-16-8-9-22(21-16)14-4-2-1-3-5-14/h1-10,24H,11H2,(H2,19,20,21,23). The van der Waals surface area contributed by atoms with Crippen molar-refractivity contribution in [1.29, 1.82) is 0 Å². The van der Waals surface area contributed by atoms with E-state index in [0.717, 1.165) is 11.3 Å². The van der Waals surface area contributed by atoms with Gasteiger partial charge in [-0.2, -0.15) is 0 Å². The van der Waals surface area contributed by atoms with E-state index in [1.165, 1.54) is 0 Å². The Labute approximate surface area is 144 Å². The van der Waals surface area contributed by atoms with E-state index in [2.05, 4.69) is 15.7 Å². The van der Waals surface area contributed by atoms with Gasteiger partial charge in [-0.3, -0.25) is 5.32 Å². The van der Waals surface area contributed by atoms with E-state index in [0.29, 0.717) is 23.6 Å². The van der Waals surface area contributed by atoms with Crippen LogP contribution in [0.2, 0.25) is 0 Å². The predicted octanol–water partition coefficient (Wildman–Crippen LogP) is 1.73. The van der Waals surface area contributed by atoms with Gasteiger partial charge in [0.2, 0.25) is 0 Å². The average molecular weight is 334 g/mol. The number of carbonyl (C=O) groups is 1. The first-order chi connectivity index (χ1) is 12.2. The van der Waals surface area contributed by atoms with E-state index in [4.69, 9.17) is 4.65 Å². The summed E-state index contributed by atoms with van der Waals surface area (Å²) < 4.78 is 6.82. The van der Waals surface area contributed by atoms with Gasteiger partial charge in [0, 0.05) is 18.0 Å². The molecule has 0 radical (unpaired) electrons. The van der Waals surface area contributed by atoms with Gasteiger partial charge in [-0.25, -0.2) is 9.48 Å². The van der Waals surface area contributed by atoms with Gasteiger partial charge in [-0.1, -0.05) is 24.3 Å². The number of benzene rings is 2. The van der Waals surface area contributed by atoms with E-state index < -0.39 is 13.1 Å². The molecule has 8 heteroatoms. The Bertz CT molecular complexity index is 913. The van der Waals surface area contributed by atoms with Crippen LogP contribution in [0.4, 0.5) is 16.3 Å². The summed E-state index contributed by atoms with van der Waals surface area (Å²) in [5.41, 5.74) is 3.07. The highest BCUT2D eigenvalue weighted by Gasteiger charge is 2.27. The highest BCUT2D eigenvalue weighted by atomic mass is 16.5. The highest BCUT2D eigenvalue weighted by Crippen LogP contribution is 2.15. The first kappa shape index (κ1) is 15.4. The zero-order valence-electron chi connectivity index (χ0n) is 13.2. The predicted molar refractivity (Wildman–Crippen MR) is 95.0 cm³/mol. The van der Waals surface area contributed by atoms with Crippen molar-refractivity contribution in [2.24, 2.45) is 0 Å². The Morgan fingerprint density at radius 3 is 2.84 bits per heavy atom. The highest BCUT2D eigenvalue weighted by molar-refractivity contribution is 6.61. The number of hydrogen-bond acceptors (Lipinski definition) is 4. The summed E-state index contributed by atoms with van der Waals surface area (Å²) in [6.45, 7) is 0.375. The van der Waals surface area contributed by atoms with Gasteiger partial charge < -0.3 is 15.0 Å². The fourth-order valence-corrected chi connectivity index (χ4v) is 2.69. The number of nitrogens with one attached hydrogen (secondary N) is 2. The van der Waals surface area contributed by atoms with Crippen molar-refractivity contribution >= 4 is 30.1 Å². The van der Waals surface area contributed by atoms with Crippen molar-refractivity contribution in [3.8, 4) is 5.69 Å². The van der Waals surface area contributed by atoms with Crippen LogP contribution in [0.15, 0.2) is 60.8 Å². The third-order valence-electron chi connectivity index (χ3n) is 3.92. The van der Waals surface area contributed by atoms with Crippen molar-refractivity contribution in [1.82, 2.24) is 9.78 Å². The molecule has 25 heavy (non-hydrogen) atoms. The Morgan fingerprint density at radius 2 is 2.00 bits per heavy atom. The summed E-state index contributed by atoms with van der Waals surface area (Å²) in [5.74, 6) is 0.436.